The average molecular weight is 298 g/mol. The molecule has 0 aromatic heterocycles. The average Bonchev–Trinajstić information content (AvgIpc) is 3.06. The molecule has 0 saturated heterocycles. The van der Waals surface area contributed by atoms with Crippen molar-refractivity contribution in [3.05, 3.63) is 89.5 Å². The van der Waals surface area contributed by atoms with Gasteiger partial charge in [-0.25, -0.2) is 0 Å². The van der Waals surface area contributed by atoms with Crippen molar-refractivity contribution in [3.8, 4) is 11.8 Å². The summed E-state index contributed by atoms with van der Waals surface area (Å²) in [5.74, 6) is 7.39. The number of benzene rings is 2. The normalized spacial score (nSPS) is 29.0. The van der Waals surface area contributed by atoms with Crippen LogP contribution in [-0.4, -0.2) is 12.7 Å². The lowest BCUT2D eigenvalue weighted by atomic mass is 10.0. The molecule has 2 aromatic carbocycles. The lowest BCUT2D eigenvalue weighted by Gasteiger charge is -2.11. The van der Waals surface area contributed by atoms with E-state index in [0.717, 1.165) is 5.56 Å². The molecular weight excluding hydrogens is 280 g/mol. The van der Waals surface area contributed by atoms with Gasteiger partial charge in [-0.1, -0.05) is 78.6 Å². The van der Waals surface area contributed by atoms with Gasteiger partial charge in [0.25, 0.3) is 0 Å². The summed E-state index contributed by atoms with van der Waals surface area (Å²) in [5, 5.41) is 0. The Kier molecular flexibility index (Phi) is 3.41. The van der Waals surface area contributed by atoms with Gasteiger partial charge in [0.1, 0.15) is 5.60 Å². The molecule has 1 nitrogen and oxygen atoms in total. The highest BCUT2D eigenvalue weighted by Crippen LogP contribution is 2.61. The molecule has 112 valence electrons. The van der Waals surface area contributed by atoms with Crippen LogP contribution in [0, 0.1) is 23.7 Å². The van der Waals surface area contributed by atoms with Crippen molar-refractivity contribution < 1.29 is 4.74 Å². The summed E-state index contributed by atoms with van der Waals surface area (Å²) in [6, 6.07) is 20.5. The van der Waals surface area contributed by atoms with Crippen LogP contribution < -0.4 is 0 Å². The Bertz CT molecular complexity index is 821. The minimum absolute atomic E-state index is 0.351. The van der Waals surface area contributed by atoms with E-state index >= 15 is 0 Å². The molecule has 1 heteroatoms. The Morgan fingerprint density at radius 2 is 1.70 bits per heavy atom. The van der Waals surface area contributed by atoms with E-state index in [-0.39, 0.29) is 5.60 Å². The minimum Gasteiger partial charge on any atom is -0.364 e. The van der Waals surface area contributed by atoms with E-state index in [1.165, 1.54) is 11.1 Å². The monoisotopic (exact) mass is 298 g/mol. The van der Waals surface area contributed by atoms with Crippen LogP contribution in [0.25, 0.3) is 6.08 Å². The van der Waals surface area contributed by atoms with Crippen LogP contribution in [0.2, 0.25) is 0 Å². The van der Waals surface area contributed by atoms with Crippen LogP contribution in [-0.2, 0) is 4.74 Å². The Hall–Kier alpha value is -2.56. The van der Waals surface area contributed by atoms with E-state index in [0.29, 0.717) is 11.8 Å². The standard InChI is InChI=1S/C22H18O/c1-23-22(15-14-17-8-4-2-5-9-17)20-13-12-19(21(20)22)16-18-10-6-3-7-11-18/h2-13,16,20-21H,1H3/b19-16+/t20-,21+,22+/m0/s1. The van der Waals surface area contributed by atoms with Crippen molar-refractivity contribution in [2.75, 3.05) is 7.11 Å². The van der Waals surface area contributed by atoms with Crippen molar-refractivity contribution in [3.63, 3.8) is 0 Å². The van der Waals surface area contributed by atoms with Crippen LogP contribution >= 0.6 is 0 Å². The van der Waals surface area contributed by atoms with Gasteiger partial charge >= 0.3 is 0 Å². The van der Waals surface area contributed by atoms with E-state index in [9.17, 15) is 0 Å². The number of ether oxygens (including phenoxy) is 1. The molecule has 0 N–H and O–H groups in total. The first-order valence-electron chi connectivity index (χ1n) is 7.92. The zero-order valence-electron chi connectivity index (χ0n) is 13.1. The maximum absolute atomic E-state index is 5.84. The molecule has 0 aliphatic heterocycles. The predicted octanol–water partition coefficient (Wildman–Crippen LogP) is 4.32. The molecule has 1 fully saturated rings. The highest BCUT2D eigenvalue weighted by atomic mass is 16.5. The summed E-state index contributed by atoms with van der Waals surface area (Å²) in [5.41, 5.74) is 3.21. The summed E-state index contributed by atoms with van der Waals surface area (Å²) < 4.78 is 5.84. The molecule has 3 atom stereocenters. The maximum atomic E-state index is 5.84. The Morgan fingerprint density at radius 1 is 1.00 bits per heavy atom. The molecule has 0 unspecified atom stereocenters. The third-order valence-electron chi connectivity index (χ3n) is 4.71. The van der Waals surface area contributed by atoms with Gasteiger partial charge in [-0.05, 0) is 23.3 Å². The molecule has 0 heterocycles. The summed E-state index contributed by atoms with van der Waals surface area (Å²) in [6.07, 6.45) is 6.69. The molecule has 2 aromatic rings. The second-order valence-electron chi connectivity index (χ2n) is 6.03. The molecule has 23 heavy (non-hydrogen) atoms. The first kappa shape index (κ1) is 14.1. The number of allylic oxidation sites excluding steroid dienone is 1. The van der Waals surface area contributed by atoms with Crippen molar-refractivity contribution in [2.45, 2.75) is 5.60 Å². The maximum Gasteiger partial charge on any atom is 0.143 e. The van der Waals surface area contributed by atoms with Gasteiger partial charge in [-0.3, -0.25) is 0 Å². The largest absolute Gasteiger partial charge is 0.364 e. The van der Waals surface area contributed by atoms with Crippen molar-refractivity contribution in [1.29, 1.82) is 0 Å². The highest BCUT2D eigenvalue weighted by molar-refractivity contribution is 5.64. The highest BCUT2D eigenvalue weighted by Gasteiger charge is 2.67. The summed E-state index contributed by atoms with van der Waals surface area (Å²) in [4.78, 5) is 0. The number of hydrogen-bond donors (Lipinski definition) is 0. The van der Waals surface area contributed by atoms with Gasteiger partial charge in [-0.2, -0.15) is 0 Å². The van der Waals surface area contributed by atoms with Gasteiger partial charge in [0.2, 0.25) is 0 Å². The van der Waals surface area contributed by atoms with Crippen molar-refractivity contribution >= 4 is 6.08 Å². The number of hydrogen-bond acceptors (Lipinski definition) is 1. The van der Waals surface area contributed by atoms with Crippen molar-refractivity contribution in [1.82, 2.24) is 0 Å². The molecule has 0 spiro atoms. The molecular formula is C22H18O. The lowest BCUT2D eigenvalue weighted by molar-refractivity contribution is 0.111. The number of rotatable bonds is 2. The first-order valence-corrected chi connectivity index (χ1v) is 7.92. The predicted molar refractivity (Wildman–Crippen MR) is 93.6 cm³/mol. The second-order valence-corrected chi connectivity index (χ2v) is 6.03. The van der Waals surface area contributed by atoms with Gasteiger partial charge < -0.3 is 4.74 Å². The smallest absolute Gasteiger partial charge is 0.143 e. The fourth-order valence-electron chi connectivity index (χ4n) is 3.46. The number of fused-ring (bicyclic) bond motifs is 1. The van der Waals surface area contributed by atoms with Gasteiger partial charge in [0.15, 0.2) is 0 Å². The van der Waals surface area contributed by atoms with Crippen LogP contribution in [0.15, 0.2) is 78.4 Å². The lowest BCUT2D eigenvalue weighted by Crippen LogP contribution is -2.16. The number of methoxy groups -OCH3 is 1. The second kappa shape index (κ2) is 5.57. The molecule has 4 rings (SSSR count). The van der Waals surface area contributed by atoms with E-state index in [2.05, 4.69) is 54.3 Å². The minimum atomic E-state index is -0.356. The quantitative estimate of drug-likeness (QED) is 0.750. The molecule has 2 aliphatic carbocycles. The zero-order valence-corrected chi connectivity index (χ0v) is 13.1. The Morgan fingerprint density at radius 3 is 2.39 bits per heavy atom. The fraction of sp³-hybridized carbons (Fsp3) is 0.182. The molecule has 1 saturated carbocycles. The van der Waals surface area contributed by atoms with E-state index in [4.69, 9.17) is 4.74 Å². The molecule has 0 bridgehead atoms. The van der Waals surface area contributed by atoms with E-state index in [1.54, 1.807) is 7.11 Å². The first-order chi connectivity index (χ1) is 11.3. The fourth-order valence-corrected chi connectivity index (χ4v) is 3.46. The van der Waals surface area contributed by atoms with Gasteiger partial charge in [-0.15, -0.1) is 0 Å². The summed E-state index contributed by atoms with van der Waals surface area (Å²) in [6.45, 7) is 0. The third-order valence-corrected chi connectivity index (χ3v) is 4.71. The van der Waals surface area contributed by atoms with Crippen LogP contribution in [0.5, 0.6) is 0 Å². The van der Waals surface area contributed by atoms with Crippen LogP contribution in [0.1, 0.15) is 11.1 Å². The van der Waals surface area contributed by atoms with Gasteiger partial charge in [0.05, 0.1) is 0 Å². The topological polar surface area (TPSA) is 9.23 Å². The third kappa shape index (κ3) is 2.42. The molecule has 0 radical (unpaired) electrons. The SMILES string of the molecule is CO[C@@]1(C#Cc2ccccc2)[C@@H]2/C(=C/c3ccccc3)C=C[C@@H]21. The van der Waals surface area contributed by atoms with E-state index in [1.807, 2.05) is 36.4 Å². The summed E-state index contributed by atoms with van der Waals surface area (Å²) >= 11 is 0. The van der Waals surface area contributed by atoms with Crippen molar-refractivity contribution in [2.24, 2.45) is 11.8 Å². The Balaban J connectivity index is 1.63. The van der Waals surface area contributed by atoms with Crippen LogP contribution in [0.3, 0.4) is 0 Å². The van der Waals surface area contributed by atoms with Crippen LogP contribution in [0.4, 0.5) is 0 Å². The van der Waals surface area contributed by atoms with Gasteiger partial charge in [0, 0.05) is 24.5 Å². The molecule has 0 amide bonds. The zero-order chi connectivity index (χ0) is 15.7. The summed E-state index contributed by atoms with van der Waals surface area (Å²) in [7, 11) is 1.77. The Labute approximate surface area is 137 Å². The molecule has 2 aliphatic rings. The van der Waals surface area contributed by atoms with E-state index < -0.39 is 0 Å².